The van der Waals surface area contributed by atoms with Crippen molar-refractivity contribution in [3.63, 3.8) is 0 Å². The maximum Gasteiger partial charge on any atom is 0.110 e. The van der Waals surface area contributed by atoms with E-state index < -0.39 is 0 Å². The molecule has 1 unspecified atom stereocenters. The molecule has 0 saturated carbocycles. The summed E-state index contributed by atoms with van der Waals surface area (Å²) in [5.41, 5.74) is 0. The minimum atomic E-state index is 0.385. The molecule has 1 aliphatic rings. The van der Waals surface area contributed by atoms with Crippen molar-refractivity contribution in [1.82, 2.24) is 5.32 Å². The Hall–Kier alpha value is -0.760. The van der Waals surface area contributed by atoms with Crippen LogP contribution < -0.4 is 5.32 Å². The van der Waals surface area contributed by atoms with E-state index in [1.54, 1.807) is 0 Å². The molecule has 0 aromatic heterocycles. The fourth-order valence-corrected chi connectivity index (χ4v) is 1.35. The van der Waals surface area contributed by atoms with E-state index in [2.05, 4.69) is 30.5 Å². The fourth-order valence-electron chi connectivity index (χ4n) is 1.35. The molecular weight excluding hydrogens is 162 g/mol. The molecule has 1 heterocycles. The first-order chi connectivity index (χ1) is 6.43. The Morgan fingerprint density at radius 3 is 3.23 bits per heavy atom. The molecule has 1 atom stereocenters. The Kier molecular flexibility index (Phi) is 5.34. The summed E-state index contributed by atoms with van der Waals surface area (Å²) in [6, 6.07) is 0. The second-order valence-corrected chi connectivity index (χ2v) is 3.27. The van der Waals surface area contributed by atoms with Crippen molar-refractivity contribution < 1.29 is 4.74 Å². The third-order valence-electron chi connectivity index (χ3n) is 2.12. The minimum absolute atomic E-state index is 0.385. The van der Waals surface area contributed by atoms with Crippen molar-refractivity contribution >= 4 is 0 Å². The number of rotatable bonds is 5. The Morgan fingerprint density at radius 2 is 2.54 bits per heavy atom. The maximum absolute atomic E-state index is 5.42. The van der Waals surface area contributed by atoms with E-state index >= 15 is 0 Å². The number of ether oxygens (including phenoxy) is 1. The molecule has 0 radical (unpaired) electrons. The molecule has 74 valence electrons. The van der Waals surface area contributed by atoms with Gasteiger partial charge in [-0.2, -0.15) is 0 Å². The van der Waals surface area contributed by atoms with Gasteiger partial charge < -0.3 is 10.1 Å². The molecule has 0 aromatic carbocycles. The van der Waals surface area contributed by atoms with Gasteiger partial charge in [0.1, 0.15) is 6.10 Å². The van der Waals surface area contributed by atoms with Crippen LogP contribution in [0, 0.1) is 0 Å². The van der Waals surface area contributed by atoms with E-state index in [9.17, 15) is 0 Å². The largest absolute Gasteiger partial charge is 0.497 e. The van der Waals surface area contributed by atoms with E-state index in [4.69, 9.17) is 4.74 Å². The van der Waals surface area contributed by atoms with Crippen LogP contribution in [0.1, 0.15) is 26.2 Å². The SMILES string of the molecule is C/C=C/CCNCC1CCC=CO1. The van der Waals surface area contributed by atoms with Crippen molar-refractivity contribution in [3.05, 3.63) is 24.5 Å². The molecule has 2 nitrogen and oxygen atoms in total. The van der Waals surface area contributed by atoms with Crippen molar-refractivity contribution in [2.45, 2.75) is 32.3 Å². The van der Waals surface area contributed by atoms with Crippen LogP contribution in [0.3, 0.4) is 0 Å². The molecule has 0 aromatic rings. The molecule has 13 heavy (non-hydrogen) atoms. The molecule has 0 saturated heterocycles. The van der Waals surface area contributed by atoms with E-state index in [0.29, 0.717) is 6.10 Å². The molecule has 0 spiro atoms. The normalized spacial score (nSPS) is 22.1. The molecular formula is C11H19NO. The Bertz CT molecular complexity index is 175. The fraction of sp³-hybridized carbons (Fsp3) is 0.636. The van der Waals surface area contributed by atoms with Crippen LogP contribution in [0.2, 0.25) is 0 Å². The molecule has 1 N–H and O–H groups in total. The molecule has 1 rings (SSSR count). The predicted octanol–water partition coefficient (Wildman–Crippen LogP) is 2.23. The van der Waals surface area contributed by atoms with Gasteiger partial charge in [0.15, 0.2) is 0 Å². The number of hydrogen-bond acceptors (Lipinski definition) is 2. The third-order valence-corrected chi connectivity index (χ3v) is 2.12. The zero-order chi connectivity index (χ0) is 9.36. The lowest BCUT2D eigenvalue weighted by molar-refractivity contribution is 0.123. The molecule has 2 heteroatoms. The van der Waals surface area contributed by atoms with Crippen LogP contribution in [0.25, 0.3) is 0 Å². The highest BCUT2D eigenvalue weighted by atomic mass is 16.5. The number of nitrogens with one attached hydrogen (secondary N) is 1. The van der Waals surface area contributed by atoms with Gasteiger partial charge in [-0.15, -0.1) is 0 Å². The van der Waals surface area contributed by atoms with Gasteiger partial charge in [-0.05, 0) is 38.8 Å². The summed E-state index contributed by atoms with van der Waals surface area (Å²) in [7, 11) is 0. The summed E-state index contributed by atoms with van der Waals surface area (Å²) in [5.74, 6) is 0. The van der Waals surface area contributed by atoms with E-state index in [0.717, 1.165) is 32.4 Å². The summed E-state index contributed by atoms with van der Waals surface area (Å²) in [5, 5.41) is 3.38. The molecule has 0 amide bonds. The van der Waals surface area contributed by atoms with Gasteiger partial charge >= 0.3 is 0 Å². The lowest BCUT2D eigenvalue weighted by atomic mass is 10.1. The van der Waals surface area contributed by atoms with Crippen LogP contribution in [-0.4, -0.2) is 19.2 Å². The summed E-state index contributed by atoms with van der Waals surface area (Å²) >= 11 is 0. The van der Waals surface area contributed by atoms with Crippen molar-refractivity contribution in [2.24, 2.45) is 0 Å². The lowest BCUT2D eigenvalue weighted by Gasteiger charge is -2.19. The first-order valence-corrected chi connectivity index (χ1v) is 5.06. The second-order valence-electron chi connectivity index (χ2n) is 3.27. The Labute approximate surface area is 80.7 Å². The highest BCUT2D eigenvalue weighted by Gasteiger charge is 2.08. The van der Waals surface area contributed by atoms with Crippen molar-refractivity contribution in [2.75, 3.05) is 13.1 Å². The van der Waals surface area contributed by atoms with E-state index in [1.807, 2.05) is 6.26 Å². The molecule has 0 fully saturated rings. The van der Waals surface area contributed by atoms with Crippen LogP contribution in [0.15, 0.2) is 24.5 Å². The monoisotopic (exact) mass is 181 g/mol. The van der Waals surface area contributed by atoms with E-state index in [-0.39, 0.29) is 0 Å². The van der Waals surface area contributed by atoms with Crippen LogP contribution in [-0.2, 0) is 4.74 Å². The number of allylic oxidation sites excluding steroid dienone is 2. The summed E-state index contributed by atoms with van der Waals surface area (Å²) in [6.45, 7) is 4.07. The Morgan fingerprint density at radius 1 is 1.62 bits per heavy atom. The first-order valence-electron chi connectivity index (χ1n) is 5.06. The van der Waals surface area contributed by atoms with Crippen molar-refractivity contribution in [1.29, 1.82) is 0 Å². The summed E-state index contributed by atoms with van der Waals surface area (Å²) in [4.78, 5) is 0. The molecule has 1 aliphatic heterocycles. The predicted molar refractivity (Wildman–Crippen MR) is 55.5 cm³/mol. The third kappa shape index (κ3) is 4.73. The van der Waals surface area contributed by atoms with Crippen LogP contribution >= 0.6 is 0 Å². The zero-order valence-corrected chi connectivity index (χ0v) is 8.33. The average Bonchev–Trinajstić information content (AvgIpc) is 2.19. The van der Waals surface area contributed by atoms with E-state index in [1.165, 1.54) is 0 Å². The standard InChI is InChI=1S/C11H19NO/c1-2-3-5-8-12-10-11-7-4-6-9-13-11/h2-3,6,9,11-12H,4-5,7-8,10H2,1H3/b3-2+. The topological polar surface area (TPSA) is 21.3 Å². The maximum atomic E-state index is 5.42. The highest BCUT2D eigenvalue weighted by Crippen LogP contribution is 2.08. The first kappa shape index (κ1) is 10.3. The quantitative estimate of drug-likeness (QED) is 0.519. The van der Waals surface area contributed by atoms with Crippen LogP contribution in [0.4, 0.5) is 0 Å². The van der Waals surface area contributed by atoms with Gasteiger partial charge in [-0.3, -0.25) is 0 Å². The molecule has 0 bridgehead atoms. The minimum Gasteiger partial charge on any atom is -0.497 e. The van der Waals surface area contributed by atoms with Gasteiger partial charge in [0.2, 0.25) is 0 Å². The highest BCUT2D eigenvalue weighted by molar-refractivity contribution is 4.83. The summed E-state index contributed by atoms with van der Waals surface area (Å²) < 4.78 is 5.42. The van der Waals surface area contributed by atoms with Gasteiger partial charge in [0.25, 0.3) is 0 Å². The van der Waals surface area contributed by atoms with Gasteiger partial charge in [0.05, 0.1) is 6.26 Å². The van der Waals surface area contributed by atoms with Gasteiger partial charge in [-0.1, -0.05) is 12.2 Å². The van der Waals surface area contributed by atoms with Gasteiger partial charge in [0, 0.05) is 6.54 Å². The smallest absolute Gasteiger partial charge is 0.110 e. The zero-order valence-electron chi connectivity index (χ0n) is 8.33. The summed E-state index contributed by atoms with van der Waals surface area (Å²) in [6.07, 6.45) is 12.0. The second kappa shape index (κ2) is 6.72. The van der Waals surface area contributed by atoms with Crippen LogP contribution in [0.5, 0.6) is 0 Å². The lowest BCUT2D eigenvalue weighted by Crippen LogP contribution is -2.29. The van der Waals surface area contributed by atoms with Crippen molar-refractivity contribution in [3.8, 4) is 0 Å². The average molecular weight is 181 g/mol. The number of hydrogen-bond donors (Lipinski definition) is 1. The van der Waals surface area contributed by atoms with Gasteiger partial charge in [-0.25, -0.2) is 0 Å². The molecule has 0 aliphatic carbocycles. The Balaban J connectivity index is 1.96.